The molecule has 0 spiro atoms. The molecule has 8 heteroatoms. The average molecular weight is 492 g/mol. The molecule has 0 bridgehead atoms. The van der Waals surface area contributed by atoms with Gasteiger partial charge in [-0.05, 0) is 49.1 Å². The highest BCUT2D eigenvalue weighted by Crippen LogP contribution is 2.26. The van der Waals surface area contributed by atoms with E-state index < -0.39 is 0 Å². The Morgan fingerprint density at radius 3 is 2.54 bits per heavy atom. The third kappa shape index (κ3) is 5.93. The zero-order valence-electron chi connectivity index (χ0n) is 19.9. The Kier molecular flexibility index (Phi) is 7.18. The Bertz CT molecular complexity index is 1190. The van der Waals surface area contributed by atoms with E-state index in [1.54, 1.807) is 17.8 Å². The van der Waals surface area contributed by atoms with Gasteiger partial charge in [0.1, 0.15) is 11.6 Å². The normalized spacial score (nSPS) is 15.8. The Morgan fingerprint density at radius 1 is 1.03 bits per heavy atom. The number of hydrogen-bond acceptors (Lipinski definition) is 6. The van der Waals surface area contributed by atoms with E-state index in [2.05, 4.69) is 28.1 Å². The van der Waals surface area contributed by atoms with Gasteiger partial charge in [-0.2, -0.15) is 0 Å². The topological polar surface area (TPSA) is 61.4 Å². The van der Waals surface area contributed by atoms with Crippen LogP contribution in [0.15, 0.2) is 59.8 Å². The minimum Gasteiger partial charge on any atom is -0.366 e. The molecule has 6 nitrogen and oxygen atoms in total. The number of benzene rings is 2. The summed E-state index contributed by atoms with van der Waals surface area (Å²) in [5.74, 6) is 1.44. The second kappa shape index (κ2) is 10.6. The van der Waals surface area contributed by atoms with E-state index in [0.717, 1.165) is 67.7 Å². The summed E-state index contributed by atoms with van der Waals surface area (Å²) in [6.45, 7) is 5.13. The number of rotatable bonds is 8. The lowest BCUT2D eigenvalue weighted by Gasteiger charge is -2.37. The van der Waals surface area contributed by atoms with Gasteiger partial charge in [0.15, 0.2) is 5.16 Å². The number of anilines is 2. The number of halogens is 1. The standard InChI is InChI=1S/C27H30FN5OS/c1-2-21-17-25(33-14-12-32(13-15-33)24-9-4-3-8-23(24)28)31-27(30-21)35-18-19-6-5-7-20(16-19)26(34)29-22-10-11-22/h3-9,16-17,22H,2,10-15,18H2,1H3,(H,29,34). The number of carbonyl (C=O) groups is 1. The van der Waals surface area contributed by atoms with Gasteiger partial charge in [0.05, 0.1) is 5.69 Å². The van der Waals surface area contributed by atoms with Crippen LogP contribution in [0.4, 0.5) is 15.9 Å². The van der Waals surface area contributed by atoms with Crippen LogP contribution < -0.4 is 15.1 Å². The summed E-state index contributed by atoms with van der Waals surface area (Å²) in [4.78, 5) is 26.3. The van der Waals surface area contributed by atoms with Crippen molar-refractivity contribution in [2.75, 3.05) is 36.0 Å². The predicted octanol–water partition coefficient (Wildman–Crippen LogP) is 4.69. The van der Waals surface area contributed by atoms with E-state index in [9.17, 15) is 9.18 Å². The first-order valence-corrected chi connectivity index (χ1v) is 13.2. The first-order chi connectivity index (χ1) is 17.1. The number of piperazine rings is 1. The molecule has 182 valence electrons. The third-order valence-corrected chi connectivity index (χ3v) is 7.29. The largest absolute Gasteiger partial charge is 0.366 e. The summed E-state index contributed by atoms with van der Waals surface area (Å²) in [6.07, 6.45) is 2.98. The molecule has 5 rings (SSSR count). The van der Waals surface area contributed by atoms with Crippen molar-refractivity contribution < 1.29 is 9.18 Å². The lowest BCUT2D eigenvalue weighted by Crippen LogP contribution is -2.47. The molecule has 1 saturated heterocycles. The van der Waals surface area contributed by atoms with Crippen molar-refractivity contribution in [2.45, 2.75) is 43.1 Å². The van der Waals surface area contributed by atoms with Gasteiger partial charge in [-0.25, -0.2) is 14.4 Å². The number of aromatic nitrogens is 2. The third-order valence-electron chi connectivity index (χ3n) is 6.37. The number of nitrogens with one attached hydrogen (secondary N) is 1. The molecule has 3 aromatic rings. The Morgan fingerprint density at radius 2 is 1.80 bits per heavy atom. The SMILES string of the molecule is CCc1cc(N2CCN(c3ccccc3F)CC2)nc(SCc2cccc(C(=O)NC3CC3)c2)n1. The number of hydrogen-bond donors (Lipinski definition) is 1. The lowest BCUT2D eigenvalue weighted by atomic mass is 10.1. The first-order valence-electron chi connectivity index (χ1n) is 12.2. The summed E-state index contributed by atoms with van der Waals surface area (Å²) in [5.41, 5.74) is 3.44. The fraction of sp³-hybridized carbons (Fsp3) is 0.370. The highest BCUT2D eigenvalue weighted by Gasteiger charge is 2.24. The van der Waals surface area contributed by atoms with Gasteiger partial charge in [0.2, 0.25) is 0 Å². The Balaban J connectivity index is 1.24. The molecule has 1 N–H and O–H groups in total. The van der Waals surface area contributed by atoms with E-state index in [1.165, 1.54) is 6.07 Å². The monoisotopic (exact) mass is 491 g/mol. The smallest absolute Gasteiger partial charge is 0.251 e. The highest BCUT2D eigenvalue weighted by atomic mass is 32.2. The molecular formula is C27H30FN5OS. The zero-order valence-corrected chi connectivity index (χ0v) is 20.7. The van der Waals surface area contributed by atoms with Crippen molar-refractivity contribution in [2.24, 2.45) is 0 Å². The second-order valence-electron chi connectivity index (χ2n) is 9.02. The lowest BCUT2D eigenvalue weighted by molar-refractivity contribution is 0.0951. The van der Waals surface area contributed by atoms with Crippen molar-refractivity contribution in [3.63, 3.8) is 0 Å². The number of para-hydroxylation sites is 1. The van der Waals surface area contributed by atoms with E-state index in [1.807, 2.05) is 36.4 Å². The van der Waals surface area contributed by atoms with Crippen LogP contribution in [0.1, 0.15) is 41.4 Å². The van der Waals surface area contributed by atoms with Gasteiger partial charge < -0.3 is 15.1 Å². The summed E-state index contributed by atoms with van der Waals surface area (Å²) >= 11 is 1.59. The molecule has 0 atom stereocenters. The van der Waals surface area contributed by atoms with E-state index in [0.29, 0.717) is 23.0 Å². The van der Waals surface area contributed by atoms with Gasteiger partial charge in [0, 0.05) is 55.3 Å². The number of thioether (sulfide) groups is 1. The molecule has 1 aliphatic carbocycles. The number of aryl methyl sites for hydroxylation is 1. The van der Waals surface area contributed by atoms with Crippen LogP contribution in [0.3, 0.4) is 0 Å². The number of amides is 1. The minimum atomic E-state index is -0.177. The fourth-order valence-corrected chi connectivity index (χ4v) is 5.01. The van der Waals surface area contributed by atoms with Crippen molar-refractivity contribution in [3.8, 4) is 0 Å². The molecule has 1 amide bonds. The maximum Gasteiger partial charge on any atom is 0.251 e. The summed E-state index contributed by atoms with van der Waals surface area (Å²) in [6, 6.07) is 17.1. The summed E-state index contributed by atoms with van der Waals surface area (Å²) in [5, 5.41) is 3.79. The molecule has 1 saturated carbocycles. The van der Waals surface area contributed by atoms with Crippen LogP contribution in [0.5, 0.6) is 0 Å². The van der Waals surface area contributed by atoms with Crippen molar-refractivity contribution in [1.82, 2.24) is 15.3 Å². The van der Waals surface area contributed by atoms with Crippen molar-refractivity contribution in [1.29, 1.82) is 0 Å². The molecule has 2 aliphatic rings. The van der Waals surface area contributed by atoms with Crippen LogP contribution in [-0.2, 0) is 12.2 Å². The highest BCUT2D eigenvalue weighted by molar-refractivity contribution is 7.98. The molecular weight excluding hydrogens is 461 g/mol. The average Bonchev–Trinajstić information content (AvgIpc) is 3.72. The molecule has 0 unspecified atom stereocenters. The van der Waals surface area contributed by atoms with Gasteiger partial charge in [-0.1, -0.05) is 43.0 Å². The van der Waals surface area contributed by atoms with Crippen LogP contribution in [0.25, 0.3) is 0 Å². The molecule has 1 aromatic heterocycles. The second-order valence-corrected chi connectivity index (χ2v) is 9.96. The molecule has 2 aromatic carbocycles. The van der Waals surface area contributed by atoms with Crippen LogP contribution in [0, 0.1) is 5.82 Å². The first kappa shape index (κ1) is 23.6. The van der Waals surface area contributed by atoms with Gasteiger partial charge in [0.25, 0.3) is 5.91 Å². The molecule has 0 radical (unpaired) electrons. The van der Waals surface area contributed by atoms with Crippen LogP contribution in [0.2, 0.25) is 0 Å². The van der Waals surface area contributed by atoms with Gasteiger partial charge in [-0.3, -0.25) is 4.79 Å². The Labute approximate surface area is 210 Å². The van der Waals surface area contributed by atoms with Crippen LogP contribution >= 0.6 is 11.8 Å². The van der Waals surface area contributed by atoms with Gasteiger partial charge in [-0.15, -0.1) is 0 Å². The van der Waals surface area contributed by atoms with E-state index in [4.69, 9.17) is 9.97 Å². The maximum atomic E-state index is 14.2. The van der Waals surface area contributed by atoms with Crippen molar-refractivity contribution in [3.05, 3.63) is 77.2 Å². The van der Waals surface area contributed by atoms with E-state index >= 15 is 0 Å². The minimum absolute atomic E-state index is 0.000364. The number of carbonyl (C=O) groups excluding carboxylic acids is 1. The maximum absolute atomic E-state index is 14.2. The predicted molar refractivity (Wildman–Crippen MR) is 139 cm³/mol. The molecule has 2 heterocycles. The molecule has 35 heavy (non-hydrogen) atoms. The van der Waals surface area contributed by atoms with Gasteiger partial charge >= 0.3 is 0 Å². The quantitative estimate of drug-likeness (QED) is 0.364. The Hall–Kier alpha value is -3.13. The zero-order chi connectivity index (χ0) is 24.2. The summed E-state index contributed by atoms with van der Waals surface area (Å²) in [7, 11) is 0. The van der Waals surface area contributed by atoms with E-state index in [-0.39, 0.29) is 11.7 Å². The van der Waals surface area contributed by atoms with Crippen LogP contribution in [-0.4, -0.2) is 48.1 Å². The fourth-order valence-electron chi connectivity index (χ4n) is 4.20. The number of nitrogens with zero attached hydrogens (tertiary/aromatic N) is 4. The molecule has 1 aliphatic heterocycles. The van der Waals surface area contributed by atoms with Crippen molar-refractivity contribution >= 4 is 29.2 Å². The molecule has 2 fully saturated rings. The summed E-state index contributed by atoms with van der Waals surface area (Å²) < 4.78 is 14.2.